The Hall–Kier alpha value is -9.14. The van der Waals surface area contributed by atoms with E-state index in [-0.39, 0.29) is 0 Å². The van der Waals surface area contributed by atoms with Crippen LogP contribution in [0.3, 0.4) is 0 Å². The molecule has 4 heterocycles. The Balaban J connectivity index is 1.04. The van der Waals surface area contributed by atoms with Gasteiger partial charge in [-0.2, -0.15) is 0 Å². The highest BCUT2D eigenvalue weighted by molar-refractivity contribution is 5.97. The third-order valence-electron chi connectivity index (χ3n) is 11.4. The maximum absolute atomic E-state index is 5.23. The van der Waals surface area contributed by atoms with Gasteiger partial charge in [0.05, 0.1) is 5.69 Å². The van der Waals surface area contributed by atoms with Crippen molar-refractivity contribution in [2.75, 3.05) is 0 Å². The van der Waals surface area contributed by atoms with E-state index < -0.39 is 0 Å². The number of nitrogens with zero attached hydrogens (tertiary/aromatic N) is 8. The van der Waals surface area contributed by atoms with Gasteiger partial charge in [0.25, 0.3) is 0 Å². The van der Waals surface area contributed by atoms with E-state index in [9.17, 15) is 0 Å². The molecule has 0 atom stereocenters. The molecule has 0 aliphatic rings. The number of benzene rings is 7. The first-order chi connectivity index (χ1) is 32.7. The van der Waals surface area contributed by atoms with Crippen molar-refractivity contribution in [3.63, 3.8) is 0 Å². The van der Waals surface area contributed by atoms with E-state index in [1.54, 1.807) is 12.4 Å². The fraction of sp³-hybridized carbons (Fsp3) is 0. The standard InChI is InChI=1S/C58H38N8/c1-4-16-41(17-5-1)53-61-54(42-18-6-2-7-19-42)63-56(62-53)44-31-29-40(30-32-44)47-26-15-27-49(52(47)51-28-12-13-35-60-51)48-24-10-11-25-50(48)58-65-55(43-20-8-3-9-21-43)64-57(66-58)46-23-14-22-45(38-46)39-33-36-59-37-34-39/h1-38H. The lowest BCUT2D eigenvalue weighted by molar-refractivity contribution is 1.07. The van der Waals surface area contributed by atoms with Crippen LogP contribution >= 0.6 is 0 Å². The normalized spacial score (nSPS) is 11.0. The third-order valence-corrected chi connectivity index (χ3v) is 11.4. The molecule has 0 amide bonds. The first kappa shape index (κ1) is 39.7. The summed E-state index contributed by atoms with van der Waals surface area (Å²) < 4.78 is 0. The van der Waals surface area contributed by atoms with Gasteiger partial charge in [-0.3, -0.25) is 9.97 Å². The zero-order valence-corrected chi connectivity index (χ0v) is 35.5. The summed E-state index contributed by atoms with van der Waals surface area (Å²) in [7, 11) is 0. The number of rotatable bonds is 10. The highest BCUT2D eigenvalue weighted by Crippen LogP contribution is 2.43. The van der Waals surface area contributed by atoms with Gasteiger partial charge in [0.2, 0.25) is 0 Å². The van der Waals surface area contributed by atoms with Crippen molar-refractivity contribution in [1.29, 1.82) is 0 Å². The van der Waals surface area contributed by atoms with Crippen molar-refractivity contribution in [2.45, 2.75) is 0 Å². The monoisotopic (exact) mass is 846 g/mol. The van der Waals surface area contributed by atoms with Gasteiger partial charge in [-0.25, -0.2) is 29.9 Å². The molecule has 0 aliphatic carbocycles. The molecule has 11 aromatic rings. The zero-order valence-electron chi connectivity index (χ0n) is 35.5. The summed E-state index contributed by atoms with van der Waals surface area (Å²) in [6, 6.07) is 71.6. The van der Waals surface area contributed by atoms with E-state index in [0.29, 0.717) is 34.9 Å². The minimum atomic E-state index is 0.563. The Morgan fingerprint density at radius 1 is 0.227 bits per heavy atom. The molecule has 0 saturated carbocycles. The molecular formula is C58H38N8. The average molecular weight is 847 g/mol. The molecule has 0 saturated heterocycles. The molecular weight excluding hydrogens is 809 g/mol. The van der Waals surface area contributed by atoms with Gasteiger partial charge >= 0.3 is 0 Å². The van der Waals surface area contributed by atoms with E-state index in [4.69, 9.17) is 34.9 Å². The van der Waals surface area contributed by atoms with E-state index in [1.165, 1.54) is 0 Å². The van der Waals surface area contributed by atoms with Crippen LogP contribution in [0.5, 0.6) is 0 Å². The summed E-state index contributed by atoms with van der Waals surface area (Å²) in [5.74, 6) is 3.56. The van der Waals surface area contributed by atoms with Crippen LogP contribution in [-0.4, -0.2) is 39.9 Å². The molecule has 310 valence electrons. The number of hydrogen-bond donors (Lipinski definition) is 0. The van der Waals surface area contributed by atoms with Crippen LogP contribution in [-0.2, 0) is 0 Å². The Kier molecular flexibility index (Phi) is 10.8. The molecule has 66 heavy (non-hydrogen) atoms. The fourth-order valence-electron chi connectivity index (χ4n) is 8.18. The summed E-state index contributed by atoms with van der Waals surface area (Å²) in [5, 5.41) is 0. The van der Waals surface area contributed by atoms with Gasteiger partial charge in [0.15, 0.2) is 34.9 Å². The highest BCUT2D eigenvalue weighted by atomic mass is 15.0. The summed E-state index contributed by atoms with van der Waals surface area (Å²) in [4.78, 5) is 39.5. The van der Waals surface area contributed by atoms with Crippen LogP contribution in [0.2, 0.25) is 0 Å². The van der Waals surface area contributed by atoms with Gasteiger partial charge in [0, 0.05) is 57.5 Å². The lowest BCUT2D eigenvalue weighted by Crippen LogP contribution is -2.02. The topological polar surface area (TPSA) is 103 Å². The number of hydrogen-bond acceptors (Lipinski definition) is 8. The molecule has 8 heteroatoms. The van der Waals surface area contributed by atoms with Crippen molar-refractivity contribution in [1.82, 2.24) is 39.9 Å². The molecule has 0 radical (unpaired) electrons. The van der Waals surface area contributed by atoms with Crippen molar-refractivity contribution >= 4 is 0 Å². The van der Waals surface area contributed by atoms with Crippen LogP contribution in [0.1, 0.15) is 0 Å². The number of aromatic nitrogens is 8. The quantitative estimate of drug-likeness (QED) is 0.134. The molecule has 0 unspecified atom stereocenters. The van der Waals surface area contributed by atoms with Crippen molar-refractivity contribution in [2.24, 2.45) is 0 Å². The Morgan fingerprint density at radius 3 is 1.23 bits per heavy atom. The summed E-state index contributed by atoms with van der Waals surface area (Å²) in [6.07, 6.45) is 5.44. The molecule has 11 rings (SSSR count). The minimum Gasteiger partial charge on any atom is -0.265 e. The molecule has 8 nitrogen and oxygen atoms in total. The second-order valence-corrected chi connectivity index (χ2v) is 15.6. The zero-order chi connectivity index (χ0) is 44.1. The largest absolute Gasteiger partial charge is 0.265 e. The van der Waals surface area contributed by atoms with Gasteiger partial charge < -0.3 is 0 Å². The van der Waals surface area contributed by atoms with Gasteiger partial charge in [-0.1, -0.05) is 182 Å². The molecule has 0 N–H and O–H groups in total. The predicted octanol–water partition coefficient (Wildman–Crippen LogP) is 13.5. The summed E-state index contributed by atoms with van der Waals surface area (Å²) in [5.41, 5.74) is 13.3. The first-order valence-corrected chi connectivity index (χ1v) is 21.7. The lowest BCUT2D eigenvalue weighted by Gasteiger charge is -2.18. The molecule has 0 spiro atoms. The average Bonchev–Trinajstić information content (AvgIpc) is 3.41. The molecule has 0 fully saturated rings. The van der Waals surface area contributed by atoms with E-state index in [1.807, 2.05) is 140 Å². The Morgan fingerprint density at radius 2 is 0.652 bits per heavy atom. The lowest BCUT2D eigenvalue weighted by atomic mass is 9.87. The van der Waals surface area contributed by atoms with E-state index in [0.717, 1.165) is 78.0 Å². The van der Waals surface area contributed by atoms with E-state index in [2.05, 4.69) is 83.8 Å². The van der Waals surface area contributed by atoms with Crippen LogP contribution in [0.4, 0.5) is 0 Å². The maximum atomic E-state index is 5.23. The van der Waals surface area contributed by atoms with Crippen LogP contribution in [0.25, 0.3) is 113 Å². The predicted molar refractivity (Wildman–Crippen MR) is 263 cm³/mol. The Labute approximate surface area is 382 Å². The van der Waals surface area contributed by atoms with Gasteiger partial charge in [-0.15, -0.1) is 0 Å². The Bertz CT molecular complexity index is 3380. The van der Waals surface area contributed by atoms with Crippen molar-refractivity contribution in [3.8, 4) is 113 Å². The SMILES string of the molecule is c1ccc(-c2nc(-c3ccccc3)nc(-c3ccc(-c4cccc(-c5ccccc5-c5nc(-c6ccccc6)nc(-c6cccc(-c7ccncc7)c6)n5)c4-c4ccccn4)cc3)n2)cc1. The van der Waals surface area contributed by atoms with Crippen LogP contribution in [0, 0.1) is 0 Å². The maximum Gasteiger partial charge on any atom is 0.164 e. The smallest absolute Gasteiger partial charge is 0.164 e. The summed E-state index contributed by atoms with van der Waals surface area (Å²) >= 11 is 0. The second kappa shape index (κ2) is 17.9. The summed E-state index contributed by atoms with van der Waals surface area (Å²) in [6.45, 7) is 0. The second-order valence-electron chi connectivity index (χ2n) is 15.6. The van der Waals surface area contributed by atoms with Crippen LogP contribution < -0.4 is 0 Å². The molecule has 4 aromatic heterocycles. The van der Waals surface area contributed by atoms with Gasteiger partial charge in [-0.05, 0) is 63.7 Å². The van der Waals surface area contributed by atoms with Gasteiger partial charge in [0.1, 0.15) is 0 Å². The van der Waals surface area contributed by atoms with Crippen LogP contribution in [0.15, 0.2) is 231 Å². The highest BCUT2D eigenvalue weighted by Gasteiger charge is 2.21. The minimum absolute atomic E-state index is 0.563. The van der Waals surface area contributed by atoms with E-state index >= 15 is 0 Å². The third kappa shape index (κ3) is 8.14. The molecule has 7 aromatic carbocycles. The van der Waals surface area contributed by atoms with Crippen molar-refractivity contribution in [3.05, 3.63) is 231 Å². The first-order valence-electron chi connectivity index (χ1n) is 21.7. The number of pyridine rings is 2. The molecule has 0 bridgehead atoms. The molecule has 0 aliphatic heterocycles. The van der Waals surface area contributed by atoms with Crippen molar-refractivity contribution < 1.29 is 0 Å². The fourth-order valence-corrected chi connectivity index (χ4v) is 8.18.